The average Bonchev–Trinajstić information content (AvgIpc) is 2.09. The molecule has 0 spiro atoms. The molecule has 0 unspecified atom stereocenters. The van der Waals surface area contributed by atoms with E-state index in [-0.39, 0.29) is 12.0 Å². The molecule has 1 fully saturated rings. The van der Waals surface area contributed by atoms with Crippen molar-refractivity contribution in [1.82, 2.24) is 10.4 Å². The third kappa shape index (κ3) is 2.67. The molecular formula is C7H16N4O. The Morgan fingerprint density at radius 3 is 2.67 bits per heavy atom. The Labute approximate surface area is 72.2 Å². The molecule has 0 amide bonds. The summed E-state index contributed by atoms with van der Waals surface area (Å²) < 4.78 is 0. The van der Waals surface area contributed by atoms with Gasteiger partial charge in [-0.3, -0.25) is 5.21 Å². The Morgan fingerprint density at radius 2 is 2.17 bits per heavy atom. The molecule has 1 aliphatic rings. The Bertz CT molecular complexity index is 163. The number of hydroxylamine groups is 1. The second-order valence-electron chi connectivity index (χ2n) is 3.16. The van der Waals surface area contributed by atoms with E-state index in [2.05, 4.69) is 16.9 Å². The molecule has 1 rings (SSSR count). The summed E-state index contributed by atoms with van der Waals surface area (Å²) in [5.41, 5.74) is 7.15. The van der Waals surface area contributed by atoms with Crippen molar-refractivity contribution >= 4 is 5.96 Å². The Hall–Kier alpha value is -0.810. The first kappa shape index (κ1) is 9.28. The molecule has 5 nitrogen and oxygen atoms in total. The van der Waals surface area contributed by atoms with Gasteiger partial charge in [0.25, 0.3) is 0 Å². The van der Waals surface area contributed by atoms with E-state index in [9.17, 15) is 0 Å². The number of hydrogen-bond donors (Lipinski definition) is 3. The van der Waals surface area contributed by atoms with Gasteiger partial charge in [0.05, 0.1) is 6.04 Å². The van der Waals surface area contributed by atoms with Crippen molar-refractivity contribution in [1.29, 1.82) is 0 Å². The van der Waals surface area contributed by atoms with Crippen LogP contribution in [0.3, 0.4) is 0 Å². The molecule has 1 saturated heterocycles. The van der Waals surface area contributed by atoms with Crippen LogP contribution >= 0.6 is 0 Å². The van der Waals surface area contributed by atoms with Crippen LogP contribution in [0, 0.1) is 0 Å². The highest BCUT2D eigenvalue weighted by molar-refractivity contribution is 5.76. The Balaban J connectivity index is 2.35. The van der Waals surface area contributed by atoms with Gasteiger partial charge in [0.2, 0.25) is 5.96 Å². The molecule has 70 valence electrons. The van der Waals surface area contributed by atoms with Gasteiger partial charge in [-0.15, -0.1) is 0 Å². The first-order valence-corrected chi connectivity index (χ1v) is 4.14. The van der Waals surface area contributed by atoms with Crippen molar-refractivity contribution in [3.05, 3.63) is 0 Å². The molecule has 0 bridgehead atoms. The van der Waals surface area contributed by atoms with E-state index in [4.69, 9.17) is 10.9 Å². The number of likely N-dealkylation sites (tertiary alicyclic amines) is 1. The number of nitrogens with two attached hydrogens (primary N) is 1. The van der Waals surface area contributed by atoms with E-state index in [0.717, 1.165) is 25.9 Å². The van der Waals surface area contributed by atoms with Crippen LogP contribution in [0.15, 0.2) is 4.99 Å². The quantitative estimate of drug-likeness (QED) is 0.280. The fourth-order valence-electron chi connectivity index (χ4n) is 1.35. The average molecular weight is 172 g/mol. The van der Waals surface area contributed by atoms with Gasteiger partial charge in [0, 0.05) is 0 Å². The van der Waals surface area contributed by atoms with Crippen LogP contribution in [-0.2, 0) is 0 Å². The van der Waals surface area contributed by atoms with Crippen LogP contribution in [-0.4, -0.2) is 42.2 Å². The van der Waals surface area contributed by atoms with Crippen molar-refractivity contribution in [2.45, 2.75) is 18.9 Å². The molecule has 0 aliphatic carbocycles. The zero-order valence-corrected chi connectivity index (χ0v) is 7.32. The summed E-state index contributed by atoms with van der Waals surface area (Å²) in [6, 6.07) is 0.265. The number of rotatable bonds is 1. The summed E-state index contributed by atoms with van der Waals surface area (Å²) in [6.45, 7) is 2.10. The SMILES string of the molecule is CN1CCC(N=C(N)NO)CC1. The first-order valence-electron chi connectivity index (χ1n) is 4.14. The number of aliphatic imine (C=N–C) groups is 1. The number of nitrogens with one attached hydrogen (secondary N) is 1. The predicted octanol–water partition coefficient (Wildman–Crippen LogP) is -0.626. The molecule has 0 atom stereocenters. The lowest BCUT2D eigenvalue weighted by atomic mass is 10.1. The van der Waals surface area contributed by atoms with Crippen LogP contribution in [0.2, 0.25) is 0 Å². The maximum absolute atomic E-state index is 8.40. The lowest BCUT2D eigenvalue weighted by Gasteiger charge is -2.26. The van der Waals surface area contributed by atoms with E-state index in [1.165, 1.54) is 0 Å². The second-order valence-corrected chi connectivity index (χ2v) is 3.16. The zero-order valence-electron chi connectivity index (χ0n) is 7.32. The molecule has 12 heavy (non-hydrogen) atoms. The Kier molecular flexibility index (Phi) is 3.31. The van der Waals surface area contributed by atoms with Gasteiger partial charge in [-0.1, -0.05) is 0 Å². The molecule has 0 aromatic heterocycles. The highest BCUT2D eigenvalue weighted by Gasteiger charge is 2.15. The van der Waals surface area contributed by atoms with Crippen LogP contribution in [0.25, 0.3) is 0 Å². The van der Waals surface area contributed by atoms with Gasteiger partial charge < -0.3 is 10.6 Å². The van der Waals surface area contributed by atoms with Gasteiger partial charge in [-0.25, -0.2) is 10.5 Å². The summed E-state index contributed by atoms with van der Waals surface area (Å²) in [6.07, 6.45) is 2.03. The fraction of sp³-hybridized carbons (Fsp3) is 0.857. The minimum atomic E-state index is 0.115. The van der Waals surface area contributed by atoms with Crippen molar-refractivity contribution in [3.63, 3.8) is 0 Å². The maximum atomic E-state index is 8.40. The summed E-state index contributed by atoms with van der Waals surface area (Å²) >= 11 is 0. The van der Waals surface area contributed by atoms with Gasteiger partial charge in [0.1, 0.15) is 0 Å². The van der Waals surface area contributed by atoms with Gasteiger partial charge in [-0.05, 0) is 33.0 Å². The minimum Gasteiger partial charge on any atom is -0.368 e. The molecule has 4 N–H and O–H groups in total. The lowest BCUT2D eigenvalue weighted by molar-refractivity contribution is 0.228. The Morgan fingerprint density at radius 1 is 1.58 bits per heavy atom. The number of nitrogens with zero attached hydrogens (tertiary/aromatic N) is 2. The third-order valence-electron chi connectivity index (χ3n) is 2.12. The summed E-state index contributed by atoms with van der Waals surface area (Å²) in [7, 11) is 2.09. The predicted molar refractivity (Wildman–Crippen MR) is 47.1 cm³/mol. The second kappa shape index (κ2) is 4.27. The smallest absolute Gasteiger partial charge is 0.213 e. The molecular weight excluding hydrogens is 156 g/mol. The summed E-state index contributed by atoms with van der Waals surface area (Å²) in [4.78, 5) is 6.35. The highest BCUT2D eigenvalue weighted by Crippen LogP contribution is 2.11. The fourth-order valence-corrected chi connectivity index (χ4v) is 1.35. The van der Waals surface area contributed by atoms with Crippen LogP contribution in [0.5, 0.6) is 0 Å². The molecule has 0 aromatic rings. The van der Waals surface area contributed by atoms with Gasteiger partial charge >= 0.3 is 0 Å². The molecule has 0 aromatic carbocycles. The normalized spacial score (nSPS) is 22.7. The molecule has 1 heterocycles. The van der Waals surface area contributed by atoms with E-state index < -0.39 is 0 Å². The molecule has 0 saturated carbocycles. The van der Waals surface area contributed by atoms with Crippen LogP contribution < -0.4 is 11.2 Å². The van der Waals surface area contributed by atoms with E-state index in [1.54, 1.807) is 0 Å². The van der Waals surface area contributed by atoms with Gasteiger partial charge in [0.15, 0.2) is 0 Å². The largest absolute Gasteiger partial charge is 0.368 e. The molecule has 1 aliphatic heterocycles. The topological polar surface area (TPSA) is 73.9 Å². The zero-order chi connectivity index (χ0) is 8.97. The van der Waals surface area contributed by atoms with Crippen molar-refractivity contribution in [2.75, 3.05) is 20.1 Å². The maximum Gasteiger partial charge on any atom is 0.213 e. The van der Waals surface area contributed by atoms with Crippen molar-refractivity contribution in [2.24, 2.45) is 10.7 Å². The minimum absolute atomic E-state index is 0.115. The van der Waals surface area contributed by atoms with E-state index in [1.807, 2.05) is 5.48 Å². The first-order chi connectivity index (χ1) is 5.72. The van der Waals surface area contributed by atoms with E-state index in [0.29, 0.717) is 0 Å². The van der Waals surface area contributed by atoms with Crippen LogP contribution in [0.1, 0.15) is 12.8 Å². The monoisotopic (exact) mass is 172 g/mol. The molecule has 0 radical (unpaired) electrons. The van der Waals surface area contributed by atoms with E-state index >= 15 is 0 Å². The van der Waals surface area contributed by atoms with Crippen molar-refractivity contribution in [3.8, 4) is 0 Å². The summed E-state index contributed by atoms with van der Waals surface area (Å²) in [5.74, 6) is 0.115. The number of piperidine rings is 1. The highest BCUT2D eigenvalue weighted by atomic mass is 16.5. The standard InChI is InChI=1S/C7H16N4O/c1-11-4-2-6(3-5-11)9-7(8)10-12/h6,12H,2-5H2,1H3,(H3,8,9,10). The lowest BCUT2D eigenvalue weighted by Crippen LogP contribution is -2.35. The van der Waals surface area contributed by atoms with Crippen LogP contribution in [0.4, 0.5) is 0 Å². The van der Waals surface area contributed by atoms with Gasteiger partial charge in [-0.2, -0.15) is 0 Å². The number of guanidine groups is 1. The molecule has 5 heteroatoms. The summed E-state index contributed by atoms with van der Waals surface area (Å²) in [5, 5.41) is 8.40. The third-order valence-corrected chi connectivity index (χ3v) is 2.12. The number of hydrogen-bond acceptors (Lipinski definition) is 3. The van der Waals surface area contributed by atoms with Crippen molar-refractivity contribution < 1.29 is 5.21 Å².